The molecule has 7 heteroatoms. The lowest BCUT2D eigenvalue weighted by Gasteiger charge is -2.43. The molecule has 128 valence electrons. The van der Waals surface area contributed by atoms with Crippen LogP contribution in [0.25, 0.3) is 0 Å². The summed E-state index contributed by atoms with van der Waals surface area (Å²) in [6.07, 6.45) is 6.26. The van der Waals surface area contributed by atoms with Gasteiger partial charge in [-0.05, 0) is 26.3 Å². The molecule has 0 saturated carbocycles. The topological polar surface area (TPSA) is 75.7 Å². The lowest BCUT2D eigenvalue weighted by molar-refractivity contribution is -0.162. The van der Waals surface area contributed by atoms with E-state index in [9.17, 15) is 14.4 Å². The summed E-state index contributed by atoms with van der Waals surface area (Å²) in [5.41, 5.74) is 0. The molecule has 3 atom stereocenters. The molecule has 23 heavy (non-hydrogen) atoms. The number of carbonyl (C=O) groups excluding carboxylic acids is 3. The van der Waals surface area contributed by atoms with Gasteiger partial charge in [0.25, 0.3) is 0 Å². The Bertz CT molecular complexity index is 532. The molecule has 0 aromatic heterocycles. The number of nitrogens with zero attached hydrogens (tertiary/aromatic N) is 1. The minimum atomic E-state index is -0.608. The van der Waals surface area contributed by atoms with Crippen LogP contribution in [0.4, 0.5) is 0 Å². The summed E-state index contributed by atoms with van der Waals surface area (Å²) in [6, 6.07) is -1.18. The summed E-state index contributed by atoms with van der Waals surface area (Å²) < 4.78 is 4.38. The third kappa shape index (κ3) is 3.39. The minimum Gasteiger partial charge on any atom is -0.467 e. The fraction of sp³-hybridized carbons (Fsp3) is 0.688. The molecule has 1 N–H and O–H groups in total. The highest BCUT2D eigenvalue weighted by molar-refractivity contribution is 8.01. The highest BCUT2D eigenvalue weighted by Gasteiger charge is 2.64. The van der Waals surface area contributed by atoms with Crippen LogP contribution < -0.4 is 5.32 Å². The summed E-state index contributed by atoms with van der Waals surface area (Å²) in [7, 11) is 1.32. The molecule has 6 nitrogen and oxygen atoms in total. The van der Waals surface area contributed by atoms with Crippen LogP contribution in [-0.4, -0.2) is 52.0 Å². The zero-order chi connectivity index (χ0) is 17.2. The molecule has 2 aliphatic rings. The minimum absolute atomic E-state index is 0.213. The monoisotopic (exact) mass is 340 g/mol. The Hall–Kier alpha value is -1.50. The fourth-order valence-electron chi connectivity index (χ4n) is 2.95. The molecule has 2 saturated heterocycles. The maximum Gasteiger partial charge on any atom is 0.330 e. The van der Waals surface area contributed by atoms with Crippen LogP contribution in [0.2, 0.25) is 0 Å². The van der Waals surface area contributed by atoms with Gasteiger partial charge in [-0.3, -0.25) is 9.59 Å². The summed E-state index contributed by atoms with van der Waals surface area (Å²) in [5, 5.41) is 2.53. The van der Waals surface area contributed by atoms with E-state index in [0.29, 0.717) is 0 Å². The van der Waals surface area contributed by atoms with Crippen LogP contribution in [0.15, 0.2) is 12.2 Å². The van der Waals surface area contributed by atoms with E-state index in [1.165, 1.54) is 29.8 Å². The van der Waals surface area contributed by atoms with Crippen molar-refractivity contribution < 1.29 is 19.1 Å². The van der Waals surface area contributed by atoms with Crippen molar-refractivity contribution in [2.45, 2.75) is 62.2 Å². The number of allylic oxidation sites excluding steroid dienone is 1. The van der Waals surface area contributed by atoms with Crippen molar-refractivity contribution in [2.24, 2.45) is 0 Å². The first kappa shape index (κ1) is 17.8. The summed E-state index contributed by atoms with van der Waals surface area (Å²) in [5.74, 6) is -0.902. The van der Waals surface area contributed by atoms with E-state index in [0.717, 1.165) is 19.3 Å². The van der Waals surface area contributed by atoms with Gasteiger partial charge in [-0.15, -0.1) is 11.8 Å². The number of amides is 2. The van der Waals surface area contributed by atoms with Gasteiger partial charge in [0.05, 0.1) is 7.11 Å². The second kappa shape index (κ2) is 6.95. The molecular formula is C16H24N2O4S. The van der Waals surface area contributed by atoms with Crippen LogP contribution in [0.3, 0.4) is 0 Å². The molecule has 0 spiro atoms. The predicted octanol–water partition coefficient (Wildman–Crippen LogP) is 1.45. The van der Waals surface area contributed by atoms with Crippen molar-refractivity contribution >= 4 is 29.5 Å². The van der Waals surface area contributed by atoms with E-state index in [-0.39, 0.29) is 17.2 Å². The van der Waals surface area contributed by atoms with Crippen LogP contribution in [-0.2, 0) is 19.1 Å². The van der Waals surface area contributed by atoms with Gasteiger partial charge < -0.3 is 15.0 Å². The van der Waals surface area contributed by atoms with E-state index >= 15 is 0 Å². The van der Waals surface area contributed by atoms with E-state index in [1.54, 1.807) is 0 Å². The molecular weight excluding hydrogens is 316 g/mol. The lowest BCUT2D eigenvalue weighted by Crippen LogP contribution is -2.70. The van der Waals surface area contributed by atoms with Crippen molar-refractivity contribution in [1.82, 2.24) is 10.2 Å². The Morgan fingerprint density at radius 3 is 2.74 bits per heavy atom. The maximum absolute atomic E-state index is 12.3. The van der Waals surface area contributed by atoms with Crippen molar-refractivity contribution in [3.8, 4) is 0 Å². The Kier molecular flexibility index (Phi) is 5.39. The van der Waals surface area contributed by atoms with Gasteiger partial charge in [0.1, 0.15) is 17.5 Å². The molecule has 2 rings (SSSR count). The third-order valence-corrected chi connectivity index (χ3v) is 5.73. The molecule has 0 aliphatic carbocycles. The Balaban J connectivity index is 1.99. The van der Waals surface area contributed by atoms with Crippen LogP contribution in [0, 0.1) is 0 Å². The average molecular weight is 340 g/mol. The Labute approximate surface area is 141 Å². The molecule has 2 amide bonds. The predicted molar refractivity (Wildman–Crippen MR) is 88.7 cm³/mol. The van der Waals surface area contributed by atoms with E-state index in [2.05, 4.69) is 12.2 Å². The third-order valence-electron chi connectivity index (χ3n) is 4.16. The van der Waals surface area contributed by atoms with Crippen molar-refractivity contribution in [2.75, 3.05) is 7.11 Å². The molecule has 0 aromatic carbocycles. The van der Waals surface area contributed by atoms with E-state index in [1.807, 2.05) is 19.9 Å². The zero-order valence-electron chi connectivity index (χ0n) is 14.0. The quantitative estimate of drug-likeness (QED) is 0.343. The maximum atomic E-state index is 12.3. The van der Waals surface area contributed by atoms with Gasteiger partial charge >= 0.3 is 5.97 Å². The number of thioether (sulfide) groups is 1. The SMILES string of the molecule is CCCC/C=C/C(=O)N[C@@H]1C(=O)N2[C@@H]1SC(C)(C)[C@@H]2C(=O)OC. The van der Waals surface area contributed by atoms with Crippen molar-refractivity contribution in [3.05, 3.63) is 12.2 Å². The molecule has 2 aliphatic heterocycles. The fourth-order valence-corrected chi connectivity index (χ4v) is 4.57. The molecule has 0 radical (unpaired) electrons. The average Bonchev–Trinajstić information content (AvgIpc) is 2.77. The number of hydrogen-bond donors (Lipinski definition) is 1. The molecule has 0 unspecified atom stereocenters. The second-order valence-corrected chi connectivity index (χ2v) is 8.08. The van der Waals surface area contributed by atoms with Gasteiger partial charge in [0.2, 0.25) is 11.8 Å². The van der Waals surface area contributed by atoms with Crippen molar-refractivity contribution in [1.29, 1.82) is 0 Å². The Morgan fingerprint density at radius 1 is 1.43 bits per heavy atom. The van der Waals surface area contributed by atoms with Gasteiger partial charge in [-0.1, -0.05) is 25.8 Å². The number of ether oxygens (including phenoxy) is 1. The summed E-state index contributed by atoms with van der Waals surface area (Å²) in [6.45, 7) is 5.91. The smallest absolute Gasteiger partial charge is 0.330 e. The highest BCUT2D eigenvalue weighted by Crippen LogP contribution is 2.50. The van der Waals surface area contributed by atoms with Crippen molar-refractivity contribution in [3.63, 3.8) is 0 Å². The summed E-state index contributed by atoms with van der Waals surface area (Å²) >= 11 is 1.52. The van der Waals surface area contributed by atoms with Gasteiger partial charge in [-0.25, -0.2) is 4.79 Å². The number of β-lactam (4-membered cyclic amide) rings is 1. The number of esters is 1. The van der Waals surface area contributed by atoms with Crippen LogP contribution >= 0.6 is 11.8 Å². The first-order valence-corrected chi connectivity index (χ1v) is 8.76. The normalized spacial score (nSPS) is 28.4. The molecule has 0 aromatic rings. The summed E-state index contributed by atoms with van der Waals surface area (Å²) in [4.78, 5) is 37.7. The van der Waals surface area contributed by atoms with Crippen LogP contribution in [0.5, 0.6) is 0 Å². The number of carbonyl (C=O) groups is 3. The molecule has 2 heterocycles. The number of methoxy groups -OCH3 is 1. The number of nitrogens with one attached hydrogen (secondary N) is 1. The zero-order valence-corrected chi connectivity index (χ0v) is 14.8. The largest absolute Gasteiger partial charge is 0.467 e. The van der Waals surface area contributed by atoms with Gasteiger partial charge in [-0.2, -0.15) is 0 Å². The second-order valence-electron chi connectivity index (χ2n) is 6.31. The molecule has 0 bridgehead atoms. The number of fused-ring (bicyclic) bond motifs is 1. The first-order chi connectivity index (χ1) is 10.8. The number of unbranched alkanes of at least 4 members (excludes halogenated alkanes) is 2. The molecule has 2 fully saturated rings. The van der Waals surface area contributed by atoms with E-state index < -0.39 is 22.8 Å². The van der Waals surface area contributed by atoms with E-state index in [4.69, 9.17) is 4.74 Å². The van der Waals surface area contributed by atoms with Crippen LogP contribution in [0.1, 0.15) is 40.0 Å². The lowest BCUT2D eigenvalue weighted by atomic mass is 9.96. The standard InChI is InChI=1S/C16H24N2O4S/c1-5-6-7-8-9-10(19)17-11-13(20)18-12(15(21)22-4)16(2,3)23-14(11)18/h8-9,11-12,14H,5-7H2,1-4H3,(H,17,19)/b9-8+/t11-,12+,14-/m1/s1. The number of rotatable bonds is 6. The van der Waals surface area contributed by atoms with Gasteiger partial charge in [0, 0.05) is 4.75 Å². The first-order valence-electron chi connectivity index (χ1n) is 7.88. The highest BCUT2D eigenvalue weighted by atomic mass is 32.2. The number of hydrogen-bond acceptors (Lipinski definition) is 5. The Morgan fingerprint density at radius 2 is 2.13 bits per heavy atom. The van der Waals surface area contributed by atoms with Gasteiger partial charge in [0.15, 0.2) is 0 Å².